The van der Waals surface area contributed by atoms with Crippen molar-refractivity contribution in [1.29, 1.82) is 0 Å². The topological polar surface area (TPSA) is 82.4 Å². The minimum Gasteiger partial charge on any atom is -0.477 e. The molecule has 0 aliphatic carbocycles. The first kappa shape index (κ1) is 17.3. The molecule has 1 aromatic carbocycles. The predicted octanol–water partition coefficient (Wildman–Crippen LogP) is 1.75. The summed E-state index contributed by atoms with van der Waals surface area (Å²) in [5.74, 6) is -1.90. The van der Waals surface area contributed by atoms with Crippen LogP contribution in [0.25, 0.3) is 0 Å². The molecule has 0 amide bonds. The molecule has 3 aromatic rings. The monoisotopic (exact) mass is 350 g/mol. The first-order chi connectivity index (χ1) is 12.5. The van der Waals surface area contributed by atoms with Crippen LogP contribution in [0.4, 0.5) is 0 Å². The van der Waals surface area contributed by atoms with Gasteiger partial charge >= 0.3 is 11.9 Å². The fourth-order valence-electron chi connectivity index (χ4n) is 2.67. The first-order valence-corrected chi connectivity index (χ1v) is 8.04. The zero-order chi connectivity index (χ0) is 18.5. The second kappa shape index (κ2) is 7.57. The van der Waals surface area contributed by atoms with Crippen LogP contribution in [0.15, 0.2) is 73.3 Å². The van der Waals surface area contributed by atoms with Crippen molar-refractivity contribution in [2.75, 3.05) is 0 Å². The number of aromatic nitrogens is 2. The second-order valence-electron chi connectivity index (χ2n) is 5.96. The van der Waals surface area contributed by atoms with Crippen LogP contribution >= 0.6 is 0 Å². The average molecular weight is 350 g/mol. The fraction of sp³-hybridized carbons (Fsp3) is 0.100. The molecule has 0 saturated carbocycles. The summed E-state index contributed by atoms with van der Waals surface area (Å²) in [4.78, 5) is 22.1. The zero-order valence-electron chi connectivity index (χ0n) is 13.9. The lowest BCUT2D eigenvalue weighted by atomic mass is 10.1. The maximum Gasteiger partial charge on any atom is 0.341 e. The van der Waals surface area contributed by atoms with Crippen molar-refractivity contribution >= 4 is 11.9 Å². The van der Waals surface area contributed by atoms with E-state index in [-0.39, 0.29) is 11.1 Å². The minimum absolute atomic E-state index is 0.249. The van der Waals surface area contributed by atoms with E-state index < -0.39 is 11.9 Å². The summed E-state index contributed by atoms with van der Waals surface area (Å²) in [6.07, 6.45) is 6.86. The number of carboxylic acid groups (broad SMARTS) is 2. The van der Waals surface area contributed by atoms with Gasteiger partial charge < -0.3 is 10.2 Å². The van der Waals surface area contributed by atoms with E-state index in [4.69, 9.17) is 10.2 Å². The molecule has 26 heavy (non-hydrogen) atoms. The SMILES string of the molecule is O=C(O)c1ccc[n+](Cc2ccc(C[n+]3cccc(C(=O)O)c3)cc2)c1. The number of carbonyl (C=O) groups is 2. The third-order valence-corrected chi connectivity index (χ3v) is 3.96. The molecule has 2 N–H and O–H groups in total. The molecule has 2 heterocycles. The van der Waals surface area contributed by atoms with E-state index in [1.807, 2.05) is 45.8 Å². The Kier molecular flexibility index (Phi) is 5.03. The quantitative estimate of drug-likeness (QED) is 0.664. The number of pyridine rings is 2. The van der Waals surface area contributed by atoms with Crippen LogP contribution in [-0.4, -0.2) is 22.2 Å². The van der Waals surface area contributed by atoms with Gasteiger partial charge in [-0.1, -0.05) is 24.3 Å². The van der Waals surface area contributed by atoms with Gasteiger partial charge in [-0.2, -0.15) is 9.13 Å². The Balaban J connectivity index is 1.71. The van der Waals surface area contributed by atoms with Crippen molar-refractivity contribution in [3.8, 4) is 0 Å². The Morgan fingerprint density at radius 2 is 1.08 bits per heavy atom. The van der Waals surface area contributed by atoms with Gasteiger partial charge in [0.2, 0.25) is 0 Å². The summed E-state index contributed by atoms with van der Waals surface area (Å²) >= 11 is 0. The van der Waals surface area contributed by atoms with Crippen molar-refractivity contribution in [2.24, 2.45) is 0 Å². The number of benzene rings is 1. The molecule has 6 heteroatoms. The Hall–Kier alpha value is -3.54. The summed E-state index contributed by atoms with van der Waals surface area (Å²) < 4.78 is 3.65. The molecule has 6 nitrogen and oxygen atoms in total. The standard InChI is InChI=1S/C20H16N2O4/c23-19(24)17-3-1-9-21(13-17)11-15-5-7-16(8-6-15)12-22-10-2-4-18(14-22)20(25)26/h1-10,13-14H,11-12H2/p+2. The Labute approximate surface area is 150 Å². The third kappa shape index (κ3) is 4.30. The number of hydrogen-bond acceptors (Lipinski definition) is 2. The molecular weight excluding hydrogens is 332 g/mol. The second-order valence-corrected chi connectivity index (χ2v) is 5.96. The van der Waals surface area contributed by atoms with Crippen molar-refractivity contribution in [1.82, 2.24) is 0 Å². The van der Waals surface area contributed by atoms with Crippen LogP contribution in [0.5, 0.6) is 0 Å². The van der Waals surface area contributed by atoms with Gasteiger partial charge in [-0.15, -0.1) is 0 Å². The Morgan fingerprint density at radius 3 is 1.42 bits per heavy atom. The predicted molar refractivity (Wildman–Crippen MR) is 91.8 cm³/mol. The van der Waals surface area contributed by atoms with Gasteiger partial charge in [0.1, 0.15) is 11.1 Å². The van der Waals surface area contributed by atoms with Crippen molar-refractivity contribution in [2.45, 2.75) is 13.1 Å². The van der Waals surface area contributed by atoms with Gasteiger partial charge in [0.15, 0.2) is 37.9 Å². The Morgan fingerprint density at radius 1 is 0.692 bits per heavy atom. The van der Waals surface area contributed by atoms with Crippen molar-refractivity contribution in [3.05, 3.63) is 95.6 Å². The normalized spacial score (nSPS) is 10.5. The van der Waals surface area contributed by atoms with E-state index in [0.29, 0.717) is 13.1 Å². The highest BCUT2D eigenvalue weighted by Gasteiger charge is 2.11. The maximum atomic E-state index is 11.0. The molecule has 3 rings (SSSR count). The van der Waals surface area contributed by atoms with E-state index in [1.165, 1.54) is 0 Å². The van der Waals surface area contributed by atoms with E-state index in [0.717, 1.165) is 11.1 Å². The molecule has 0 atom stereocenters. The van der Waals surface area contributed by atoms with Crippen LogP contribution < -0.4 is 9.13 Å². The summed E-state index contributed by atoms with van der Waals surface area (Å²) in [5, 5.41) is 18.1. The van der Waals surface area contributed by atoms with Crippen molar-refractivity contribution < 1.29 is 28.9 Å². The highest BCUT2D eigenvalue weighted by Crippen LogP contribution is 2.05. The number of carboxylic acids is 2. The van der Waals surface area contributed by atoms with Gasteiger partial charge in [-0.25, -0.2) is 9.59 Å². The van der Waals surface area contributed by atoms with Gasteiger partial charge in [0, 0.05) is 23.3 Å². The van der Waals surface area contributed by atoms with E-state index in [1.54, 1.807) is 36.7 Å². The molecule has 0 saturated heterocycles. The first-order valence-electron chi connectivity index (χ1n) is 8.04. The number of rotatable bonds is 6. The molecule has 0 unspecified atom stereocenters. The van der Waals surface area contributed by atoms with Crippen molar-refractivity contribution in [3.63, 3.8) is 0 Å². The lowest BCUT2D eigenvalue weighted by molar-refractivity contribution is -0.689. The van der Waals surface area contributed by atoms with E-state index in [9.17, 15) is 9.59 Å². The van der Waals surface area contributed by atoms with Crippen LogP contribution in [0.2, 0.25) is 0 Å². The lowest BCUT2D eigenvalue weighted by Crippen LogP contribution is -2.35. The molecule has 0 bridgehead atoms. The molecule has 0 radical (unpaired) electrons. The smallest absolute Gasteiger partial charge is 0.341 e. The average Bonchev–Trinajstić information content (AvgIpc) is 2.64. The summed E-state index contributed by atoms with van der Waals surface area (Å²) in [6.45, 7) is 1.14. The fourth-order valence-corrected chi connectivity index (χ4v) is 2.67. The molecule has 2 aromatic heterocycles. The number of aromatic carboxylic acids is 2. The summed E-state index contributed by atoms with van der Waals surface area (Å²) in [5.41, 5.74) is 2.59. The largest absolute Gasteiger partial charge is 0.477 e. The highest BCUT2D eigenvalue weighted by molar-refractivity contribution is 5.87. The molecule has 130 valence electrons. The summed E-state index contributed by atoms with van der Waals surface area (Å²) in [6, 6.07) is 14.5. The maximum absolute atomic E-state index is 11.0. The lowest BCUT2D eigenvalue weighted by Gasteiger charge is -2.02. The number of nitrogens with zero attached hydrogens (tertiary/aromatic N) is 2. The summed E-state index contributed by atoms with van der Waals surface area (Å²) in [7, 11) is 0. The highest BCUT2D eigenvalue weighted by atomic mass is 16.4. The van der Waals surface area contributed by atoms with Gasteiger partial charge in [-0.3, -0.25) is 0 Å². The van der Waals surface area contributed by atoms with Crippen LogP contribution in [0.3, 0.4) is 0 Å². The van der Waals surface area contributed by atoms with E-state index >= 15 is 0 Å². The van der Waals surface area contributed by atoms with Gasteiger partial charge in [0.05, 0.1) is 0 Å². The van der Waals surface area contributed by atoms with Crippen LogP contribution in [-0.2, 0) is 13.1 Å². The number of hydrogen-bond donors (Lipinski definition) is 2. The van der Waals surface area contributed by atoms with Gasteiger partial charge in [-0.05, 0) is 12.1 Å². The van der Waals surface area contributed by atoms with Gasteiger partial charge in [0.25, 0.3) is 0 Å². The third-order valence-electron chi connectivity index (χ3n) is 3.96. The molecular formula is C20H18N2O4+2. The van der Waals surface area contributed by atoms with Crippen LogP contribution in [0, 0.1) is 0 Å². The Bertz CT molecular complexity index is 874. The van der Waals surface area contributed by atoms with Crippen LogP contribution in [0.1, 0.15) is 31.8 Å². The molecule has 0 fully saturated rings. The minimum atomic E-state index is -0.949. The molecule has 0 aliphatic rings. The zero-order valence-corrected chi connectivity index (χ0v) is 13.9. The molecule has 0 spiro atoms. The van der Waals surface area contributed by atoms with E-state index in [2.05, 4.69) is 0 Å². The molecule has 0 aliphatic heterocycles.